The molecule has 2 rings (SSSR count). The molecule has 1 heterocycles. The molecule has 6 heteroatoms. The van der Waals surface area contributed by atoms with E-state index in [2.05, 4.69) is 18.7 Å². The van der Waals surface area contributed by atoms with Gasteiger partial charge in [0, 0.05) is 12.8 Å². The summed E-state index contributed by atoms with van der Waals surface area (Å²) < 4.78 is 5.10. The Balaban J connectivity index is 1.82. The van der Waals surface area contributed by atoms with Crippen LogP contribution in [0.4, 0.5) is 4.79 Å². The summed E-state index contributed by atoms with van der Waals surface area (Å²) in [6.07, 6.45) is 0.601. The molecule has 0 radical (unpaired) electrons. The van der Waals surface area contributed by atoms with Gasteiger partial charge in [0.1, 0.15) is 6.10 Å². The standard InChI is InChI=1S/C12H17NO5/c1-7-5-9(6-8(7)2)17-12(16)18-13-10(14)3-4-11(13)15/h7-9H,3-6H2,1-2H3/t7-,8?,9+/m1/s1. The zero-order valence-corrected chi connectivity index (χ0v) is 10.5. The molecule has 1 aliphatic carbocycles. The highest BCUT2D eigenvalue weighted by atomic mass is 16.8. The van der Waals surface area contributed by atoms with Gasteiger partial charge in [-0.2, -0.15) is 0 Å². The largest absolute Gasteiger partial charge is 0.534 e. The predicted molar refractivity (Wildman–Crippen MR) is 60.0 cm³/mol. The first-order chi connectivity index (χ1) is 8.47. The average molecular weight is 255 g/mol. The molecule has 3 atom stereocenters. The minimum Gasteiger partial charge on any atom is -0.429 e. The topological polar surface area (TPSA) is 72.9 Å². The number of ether oxygens (including phenoxy) is 1. The molecular weight excluding hydrogens is 238 g/mol. The Kier molecular flexibility index (Phi) is 3.54. The maximum absolute atomic E-state index is 11.5. The average Bonchev–Trinajstić information content (AvgIpc) is 2.76. The minimum absolute atomic E-state index is 0.0869. The number of carbonyl (C=O) groups is 3. The van der Waals surface area contributed by atoms with Gasteiger partial charge < -0.3 is 4.74 Å². The zero-order chi connectivity index (χ0) is 13.3. The van der Waals surface area contributed by atoms with Gasteiger partial charge >= 0.3 is 6.16 Å². The molecule has 2 amide bonds. The van der Waals surface area contributed by atoms with Gasteiger partial charge in [0.05, 0.1) is 0 Å². The van der Waals surface area contributed by atoms with E-state index in [0.717, 1.165) is 12.8 Å². The summed E-state index contributed by atoms with van der Waals surface area (Å²) in [5.74, 6) is 0.00548. The number of carbonyl (C=O) groups excluding carboxylic acids is 3. The number of hydrogen-bond acceptors (Lipinski definition) is 5. The Morgan fingerprint density at radius 1 is 1.11 bits per heavy atom. The first-order valence-electron chi connectivity index (χ1n) is 6.21. The van der Waals surface area contributed by atoms with Crippen molar-refractivity contribution in [3.8, 4) is 0 Å². The van der Waals surface area contributed by atoms with Crippen LogP contribution in [-0.2, 0) is 19.2 Å². The van der Waals surface area contributed by atoms with Crippen molar-refractivity contribution in [3.05, 3.63) is 0 Å². The fourth-order valence-electron chi connectivity index (χ4n) is 2.38. The lowest BCUT2D eigenvalue weighted by molar-refractivity contribution is -0.178. The number of nitrogens with zero attached hydrogens (tertiary/aromatic N) is 1. The van der Waals surface area contributed by atoms with Gasteiger partial charge in [0.25, 0.3) is 11.8 Å². The molecule has 0 aromatic rings. The van der Waals surface area contributed by atoms with Crippen LogP contribution in [0.15, 0.2) is 0 Å². The maximum atomic E-state index is 11.5. The van der Waals surface area contributed by atoms with Crippen LogP contribution >= 0.6 is 0 Å². The van der Waals surface area contributed by atoms with Crippen LogP contribution in [0.5, 0.6) is 0 Å². The SMILES string of the molecule is CC1C[C@@H](OC(=O)ON2C(=O)CCC2=O)C[C@H]1C. The number of hydrogen-bond donors (Lipinski definition) is 0. The second-order valence-corrected chi connectivity index (χ2v) is 5.09. The lowest BCUT2D eigenvalue weighted by Crippen LogP contribution is -2.33. The molecule has 1 saturated carbocycles. The monoisotopic (exact) mass is 255 g/mol. The Hall–Kier alpha value is -1.59. The second-order valence-electron chi connectivity index (χ2n) is 5.09. The van der Waals surface area contributed by atoms with Crippen LogP contribution in [0.3, 0.4) is 0 Å². The predicted octanol–water partition coefficient (Wildman–Crippen LogP) is 1.64. The molecule has 6 nitrogen and oxygen atoms in total. The zero-order valence-electron chi connectivity index (χ0n) is 10.5. The Labute approximate surface area is 105 Å². The van der Waals surface area contributed by atoms with Gasteiger partial charge in [0.2, 0.25) is 0 Å². The molecule has 0 aromatic heterocycles. The van der Waals surface area contributed by atoms with Crippen molar-refractivity contribution in [1.29, 1.82) is 0 Å². The van der Waals surface area contributed by atoms with Gasteiger partial charge in [-0.15, -0.1) is 0 Å². The van der Waals surface area contributed by atoms with Crippen LogP contribution in [0, 0.1) is 11.8 Å². The van der Waals surface area contributed by atoms with E-state index in [1.165, 1.54) is 0 Å². The van der Waals surface area contributed by atoms with E-state index in [9.17, 15) is 14.4 Å². The quantitative estimate of drug-likeness (QED) is 0.554. The molecule has 1 aliphatic heterocycles. The van der Waals surface area contributed by atoms with Crippen LogP contribution in [-0.4, -0.2) is 29.1 Å². The molecule has 2 fully saturated rings. The fraction of sp³-hybridized carbons (Fsp3) is 0.750. The van der Waals surface area contributed by atoms with Crippen molar-refractivity contribution in [2.45, 2.75) is 45.6 Å². The van der Waals surface area contributed by atoms with Gasteiger partial charge in [-0.05, 0) is 24.7 Å². The van der Waals surface area contributed by atoms with Crippen molar-refractivity contribution in [1.82, 2.24) is 5.06 Å². The first-order valence-corrected chi connectivity index (χ1v) is 6.21. The summed E-state index contributed by atoms with van der Waals surface area (Å²) in [6.45, 7) is 4.21. The fourth-order valence-corrected chi connectivity index (χ4v) is 2.38. The number of hydroxylamine groups is 2. The summed E-state index contributed by atoms with van der Waals surface area (Å²) >= 11 is 0. The van der Waals surface area contributed by atoms with E-state index in [0.29, 0.717) is 16.9 Å². The smallest absolute Gasteiger partial charge is 0.429 e. The molecule has 0 spiro atoms. The van der Waals surface area contributed by atoms with Crippen LogP contribution in [0.2, 0.25) is 0 Å². The summed E-state index contributed by atoms with van der Waals surface area (Å²) in [6, 6.07) is 0. The highest BCUT2D eigenvalue weighted by Crippen LogP contribution is 2.33. The number of amides is 2. The second kappa shape index (κ2) is 4.96. The third-order valence-corrected chi connectivity index (χ3v) is 3.68. The van der Waals surface area contributed by atoms with Crippen LogP contribution in [0.1, 0.15) is 39.5 Å². The lowest BCUT2D eigenvalue weighted by atomic mass is 10.0. The molecule has 100 valence electrons. The molecule has 18 heavy (non-hydrogen) atoms. The van der Waals surface area contributed by atoms with Gasteiger partial charge in [-0.1, -0.05) is 18.9 Å². The molecule has 0 N–H and O–H groups in total. The van der Waals surface area contributed by atoms with Crippen LogP contribution < -0.4 is 0 Å². The summed E-state index contributed by atoms with van der Waals surface area (Å²) in [5.41, 5.74) is 0. The normalized spacial score (nSPS) is 31.9. The molecule has 0 aromatic carbocycles. The highest BCUT2D eigenvalue weighted by Gasteiger charge is 2.36. The number of imide groups is 1. The summed E-state index contributed by atoms with van der Waals surface area (Å²) in [7, 11) is 0. The Morgan fingerprint density at radius 2 is 1.61 bits per heavy atom. The van der Waals surface area contributed by atoms with E-state index < -0.39 is 18.0 Å². The van der Waals surface area contributed by atoms with E-state index in [-0.39, 0.29) is 18.9 Å². The van der Waals surface area contributed by atoms with Crippen molar-refractivity contribution in [3.63, 3.8) is 0 Å². The van der Waals surface area contributed by atoms with Gasteiger partial charge in [-0.25, -0.2) is 4.79 Å². The minimum atomic E-state index is -0.968. The Morgan fingerprint density at radius 3 is 2.11 bits per heavy atom. The lowest BCUT2D eigenvalue weighted by Gasteiger charge is -2.15. The molecule has 1 unspecified atom stereocenters. The van der Waals surface area contributed by atoms with E-state index >= 15 is 0 Å². The van der Waals surface area contributed by atoms with Crippen molar-refractivity contribution in [2.24, 2.45) is 11.8 Å². The van der Waals surface area contributed by atoms with Crippen molar-refractivity contribution in [2.75, 3.05) is 0 Å². The summed E-state index contributed by atoms with van der Waals surface area (Å²) in [5, 5.41) is 0.504. The first kappa shape index (κ1) is 12.9. The van der Waals surface area contributed by atoms with Crippen molar-refractivity contribution >= 4 is 18.0 Å². The molecular formula is C12H17NO5. The van der Waals surface area contributed by atoms with E-state index in [4.69, 9.17) is 4.74 Å². The van der Waals surface area contributed by atoms with Gasteiger partial charge in [0.15, 0.2) is 0 Å². The third kappa shape index (κ3) is 2.63. The van der Waals surface area contributed by atoms with Crippen LogP contribution in [0.25, 0.3) is 0 Å². The van der Waals surface area contributed by atoms with Gasteiger partial charge in [-0.3, -0.25) is 14.4 Å². The maximum Gasteiger partial charge on any atom is 0.534 e. The Bertz CT molecular complexity index is 355. The van der Waals surface area contributed by atoms with Crippen molar-refractivity contribution < 1.29 is 24.0 Å². The molecule has 1 saturated heterocycles. The highest BCUT2D eigenvalue weighted by molar-refractivity contribution is 6.01. The van der Waals surface area contributed by atoms with E-state index in [1.54, 1.807) is 0 Å². The van der Waals surface area contributed by atoms with E-state index in [1.807, 2.05) is 0 Å². The molecule has 2 aliphatic rings. The molecule has 0 bridgehead atoms. The summed E-state index contributed by atoms with van der Waals surface area (Å²) in [4.78, 5) is 38.6. The third-order valence-electron chi connectivity index (χ3n) is 3.68. The number of rotatable bonds is 2.